The van der Waals surface area contributed by atoms with Crippen LogP contribution in [0.25, 0.3) is 0 Å². The van der Waals surface area contributed by atoms with E-state index in [2.05, 4.69) is 17.2 Å². The van der Waals surface area contributed by atoms with Gasteiger partial charge in [-0.25, -0.2) is 9.78 Å². The van der Waals surface area contributed by atoms with E-state index in [1.807, 2.05) is 12.1 Å². The second-order valence-corrected chi connectivity index (χ2v) is 5.98. The van der Waals surface area contributed by atoms with Gasteiger partial charge in [-0.1, -0.05) is 25.5 Å². The summed E-state index contributed by atoms with van der Waals surface area (Å²) < 4.78 is 10.6. The van der Waals surface area contributed by atoms with Gasteiger partial charge in [-0.05, 0) is 49.6 Å². The maximum absolute atomic E-state index is 12.4. The van der Waals surface area contributed by atoms with Gasteiger partial charge in [0, 0.05) is 12.7 Å². The second-order valence-electron chi connectivity index (χ2n) is 5.98. The Morgan fingerprint density at radius 3 is 2.59 bits per heavy atom. The molecule has 1 aromatic heterocycles. The molecule has 0 saturated carbocycles. The molecule has 0 saturated heterocycles. The molecule has 27 heavy (non-hydrogen) atoms. The Kier molecular flexibility index (Phi) is 8.29. The Balaban J connectivity index is 1.86. The molecule has 0 aliphatic rings. The van der Waals surface area contributed by atoms with Crippen molar-refractivity contribution in [3.05, 3.63) is 59.3 Å². The third-order valence-electron chi connectivity index (χ3n) is 3.92. The number of amides is 1. The topological polar surface area (TPSA) is 77.5 Å². The van der Waals surface area contributed by atoms with E-state index < -0.39 is 0 Å². The van der Waals surface area contributed by atoms with Crippen LogP contribution in [0.15, 0.2) is 42.6 Å². The lowest BCUT2D eigenvalue weighted by molar-refractivity contribution is 0.0526. The zero-order valence-electron chi connectivity index (χ0n) is 15.9. The number of ether oxygens (including phenoxy) is 2. The van der Waals surface area contributed by atoms with Gasteiger partial charge >= 0.3 is 5.97 Å². The van der Waals surface area contributed by atoms with E-state index >= 15 is 0 Å². The minimum atomic E-state index is -0.329. The monoisotopic (exact) mass is 370 g/mol. The summed E-state index contributed by atoms with van der Waals surface area (Å²) in [4.78, 5) is 28.2. The fourth-order valence-electron chi connectivity index (χ4n) is 2.43. The van der Waals surface area contributed by atoms with Crippen LogP contribution in [0.3, 0.4) is 0 Å². The van der Waals surface area contributed by atoms with Crippen LogP contribution in [0.1, 0.15) is 53.0 Å². The first kappa shape index (κ1) is 20.4. The van der Waals surface area contributed by atoms with Gasteiger partial charge in [0.1, 0.15) is 5.56 Å². The number of hydrogen-bond donors (Lipinski definition) is 1. The molecule has 0 spiro atoms. The third-order valence-corrected chi connectivity index (χ3v) is 3.92. The Labute approximate surface area is 159 Å². The highest BCUT2D eigenvalue weighted by Gasteiger charge is 2.13. The molecule has 6 heteroatoms. The zero-order valence-corrected chi connectivity index (χ0v) is 15.9. The number of benzene rings is 1. The molecular formula is C21H26N2O4. The molecule has 0 bridgehead atoms. The van der Waals surface area contributed by atoms with Crippen molar-refractivity contribution in [3.8, 4) is 5.88 Å². The van der Waals surface area contributed by atoms with Gasteiger partial charge in [0.25, 0.3) is 5.91 Å². The van der Waals surface area contributed by atoms with Gasteiger partial charge in [0.05, 0.1) is 18.8 Å². The molecule has 0 unspecified atom stereocenters. The maximum Gasteiger partial charge on any atom is 0.338 e. The van der Waals surface area contributed by atoms with Gasteiger partial charge < -0.3 is 14.8 Å². The first-order chi connectivity index (χ1) is 13.2. The van der Waals surface area contributed by atoms with Gasteiger partial charge in [0.2, 0.25) is 5.88 Å². The second kappa shape index (κ2) is 11.0. The van der Waals surface area contributed by atoms with Crippen LogP contribution in [0.2, 0.25) is 0 Å². The van der Waals surface area contributed by atoms with Gasteiger partial charge in [-0.3, -0.25) is 4.79 Å². The molecular weight excluding hydrogens is 344 g/mol. The number of nitrogens with zero attached hydrogens (tertiary/aromatic N) is 1. The highest BCUT2D eigenvalue weighted by Crippen LogP contribution is 2.14. The van der Waals surface area contributed by atoms with Crippen molar-refractivity contribution in [1.82, 2.24) is 10.3 Å². The van der Waals surface area contributed by atoms with E-state index in [4.69, 9.17) is 9.47 Å². The number of unbranched alkanes of at least 4 members (excludes halogenated alkanes) is 1. The first-order valence-electron chi connectivity index (χ1n) is 9.27. The molecule has 0 aliphatic heterocycles. The van der Waals surface area contributed by atoms with Gasteiger partial charge in [0.15, 0.2) is 0 Å². The highest BCUT2D eigenvalue weighted by atomic mass is 16.5. The minimum absolute atomic E-state index is 0.210. The average molecular weight is 370 g/mol. The summed E-state index contributed by atoms with van der Waals surface area (Å²) in [5.41, 5.74) is 1.98. The molecule has 0 aliphatic carbocycles. The first-order valence-corrected chi connectivity index (χ1v) is 9.27. The molecule has 144 valence electrons. The lowest BCUT2D eigenvalue weighted by atomic mass is 10.1. The zero-order chi connectivity index (χ0) is 19.5. The van der Waals surface area contributed by atoms with Crippen LogP contribution in [0, 0.1) is 0 Å². The standard InChI is InChI=1S/C21H26N2O4/c1-3-5-15-27-20-18(7-6-13-23-20)19(24)22-14-12-16-8-10-17(11-9-16)21(25)26-4-2/h6-11,13H,3-5,12,14-15H2,1-2H3,(H,22,24). The predicted octanol–water partition coefficient (Wildman–Crippen LogP) is 3.41. The van der Waals surface area contributed by atoms with Crippen molar-refractivity contribution < 1.29 is 19.1 Å². The fourth-order valence-corrected chi connectivity index (χ4v) is 2.43. The predicted molar refractivity (Wildman–Crippen MR) is 103 cm³/mol. The van der Waals surface area contributed by atoms with Crippen LogP contribution in [-0.2, 0) is 11.2 Å². The lowest BCUT2D eigenvalue weighted by Crippen LogP contribution is -2.26. The number of esters is 1. The minimum Gasteiger partial charge on any atom is -0.477 e. The van der Waals surface area contributed by atoms with Crippen LogP contribution >= 0.6 is 0 Å². The Bertz CT molecular complexity index is 744. The number of aromatic nitrogens is 1. The summed E-state index contributed by atoms with van der Waals surface area (Å²) in [6, 6.07) is 10.6. The Hall–Kier alpha value is -2.89. The van der Waals surface area contributed by atoms with E-state index in [-0.39, 0.29) is 11.9 Å². The van der Waals surface area contributed by atoms with Gasteiger partial charge in [-0.15, -0.1) is 0 Å². The van der Waals surface area contributed by atoms with E-state index in [0.717, 1.165) is 18.4 Å². The Morgan fingerprint density at radius 2 is 1.89 bits per heavy atom. The van der Waals surface area contributed by atoms with Crippen LogP contribution in [-0.4, -0.2) is 36.6 Å². The largest absolute Gasteiger partial charge is 0.477 e. The average Bonchev–Trinajstić information content (AvgIpc) is 2.69. The summed E-state index contributed by atoms with van der Waals surface area (Å²) in [5.74, 6) is -0.176. The van der Waals surface area contributed by atoms with E-state index in [9.17, 15) is 9.59 Å². The van der Waals surface area contributed by atoms with Crippen molar-refractivity contribution in [3.63, 3.8) is 0 Å². The summed E-state index contributed by atoms with van der Waals surface area (Å²) in [6.45, 7) is 5.22. The molecule has 0 radical (unpaired) electrons. The van der Waals surface area contributed by atoms with Crippen molar-refractivity contribution in [2.45, 2.75) is 33.1 Å². The Morgan fingerprint density at radius 1 is 1.11 bits per heavy atom. The SMILES string of the molecule is CCCCOc1ncccc1C(=O)NCCc1ccc(C(=O)OCC)cc1. The van der Waals surface area contributed by atoms with E-state index in [1.54, 1.807) is 37.4 Å². The van der Waals surface area contributed by atoms with Gasteiger partial charge in [-0.2, -0.15) is 0 Å². The van der Waals surface area contributed by atoms with Crippen LogP contribution in [0.5, 0.6) is 5.88 Å². The molecule has 1 aromatic carbocycles. The number of pyridine rings is 1. The van der Waals surface area contributed by atoms with Crippen molar-refractivity contribution in [2.24, 2.45) is 0 Å². The number of hydrogen-bond acceptors (Lipinski definition) is 5. The summed E-state index contributed by atoms with van der Waals surface area (Å²) in [5, 5.41) is 2.89. The van der Waals surface area contributed by atoms with Crippen LogP contribution in [0.4, 0.5) is 0 Å². The molecule has 0 fully saturated rings. The van der Waals surface area contributed by atoms with Crippen molar-refractivity contribution in [2.75, 3.05) is 19.8 Å². The molecule has 1 amide bonds. The molecule has 6 nitrogen and oxygen atoms in total. The normalized spacial score (nSPS) is 10.3. The summed E-state index contributed by atoms with van der Waals surface area (Å²) >= 11 is 0. The van der Waals surface area contributed by atoms with E-state index in [0.29, 0.717) is 43.2 Å². The summed E-state index contributed by atoms with van der Waals surface area (Å²) in [6.07, 6.45) is 4.20. The molecule has 2 aromatic rings. The maximum atomic E-state index is 12.4. The number of rotatable bonds is 10. The fraction of sp³-hybridized carbons (Fsp3) is 0.381. The molecule has 2 rings (SSSR count). The molecule has 1 heterocycles. The number of carbonyl (C=O) groups is 2. The molecule has 1 N–H and O–H groups in total. The van der Waals surface area contributed by atoms with Crippen molar-refractivity contribution in [1.29, 1.82) is 0 Å². The number of carbonyl (C=O) groups excluding carboxylic acids is 2. The quantitative estimate of drug-likeness (QED) is 0.512. The van der Waals surface area contributed by atoms with Crippen LogP contribution < -0.4 is 10.1 Å². The smallest absolute Gasteiger partial charge is 0.338 e. The van der Waals surface area contributed by atoms with E-state index in [1.165, 1.54) is 0 Å². The highest BCUT2D eigenvalue weighted by molar-refractivity contribution is 5.96. The lowest BCUT2D eigenvalue weighted by Gasteiger charge is -2.10. The van der Waals surface area contributed by atoms with Crippen molar-refractivity contribution >= 4 is 11.9 Å². The molecule has 0 atom stereocenters. The number of nitrogens with one attached hydrogen (secondary N) is 1. The summed E-state index contributed by atoms with van der Waals surface area (Å²) in [7, 11) is 0. The third kappa shape index (κ3) is 6.40.